The summed E-state index contributed by atoms with van der Waals surface area (Å²) in [5, 5.41) is 5.77. The largest absolute Gasteiger partial charge is 0.487 e. The van der Waals surface area contributed by atoms with E-state index >= 15 is 0 Å². The van der Waals surface area contributed by atoms with Gasteiger partial charge in [-0.2, -0.15) is 13.2 Å². The molecule has 0 radical (unpaired) electrons. The standard InChI is InChI=1S/2C19H21FIN5O2.C11H18FN3O.C10H9IN2O2/c2*1-2-25(10-11-28-16-4-3-7-22-18(16)20)9-8-23-19(27)15-13-26-12-14(21)5-6-17(26)24-15;1-2-15(7-5-13)8-9-16-10-4-3-6-14-11(10)12;1-2-15-10(14)8-6-13-5-7(11)3-4-9(13)12-8/h2*3-7,12-13H,2,8-11H2,1H3,(H,23,27);3-4,6H,2,5,7-9,13H2,1H3;3-6H,2H2,1H3. The van der Waals surface area contributed by atoms with Gasteiger partial charge in [0, 0.05) is 125 Å². The summed E-state index contributed by atoms with van der Waals surface area (Å²) in [5.41, 5.74) is 8.81. The number of imidazole rings is 3. The average Bonchev–Trinajstić information content (AvgIpc) is 2.42. The third kappa shape index (κ3) is 23.0. The predicted octanol–water partition coefficient (Wildman–Crippen LogP) is 8.20. The summed E-state index contributed by atoms with van der Waals surface area (Å²) in [6, 6.07) is 21.0. The summed E-state index contributed by atoms with van der Waals surface area (Å²) in [5.74, 6) is -2.08. The maximum atomic E-state index is 13.4. The number of pyridine rings is 6. The molecule has 0 atom stereocenters. The van der Waals surface area contributed by atoms with Gasteiger partial charge in [-0.05, 0) is 167 Å². The number of nitrogens with zero attached hydrogens (tertiary/aromatic N) is 12. The molecule has 0 aliphatic carbocycles. The van der Waals surface area contributed by atoms with Crippen molar-refractivity contribution < 1.29 is 46.5 Å². The SMILES string of the molecule is CCN(CCN)CCOc1cccnc1F.CCN(CCNC(=O)c1cn2cc(I)ccc2n1)CCOc1cccnc1F.CCN(CCNC(=O)c1cn2cc(I)ccc2n1)CCOc1cccnc1F.CCOC(=O)c1cn2cc(I)ccc2n1. The van der Waals surface area contributed by atoms with Gasteiger partial charge in [0.1, 0.15) is 48.2 Å². The second kappa shape index (κ2) is 37.1. The number of hydrogen-bond acceptors (Lipinski definition) is 17. The summed E-state index contributed by atoms with van der Waals surface area (Å²) in [4.78, 5) is 65.9. The number of ether oxygens (including phenoxy) is 4. The summed E-state index contributed by atoms with van der Waals surface area (Å²) in [7, 11) is 0. The van der Waals surface area contributed by atoms with E-state index in [2.05, 4.69) is 130 Å². The molecule has 28 heteroatoms. The minimum Gasteiger partial charge on any atom is -0.487 e. The quantitative estimate of drug-likeness (QED) is 0.0250. The van der Waals surface area contributed by atoms with E-state index in [1.54, 1.807) is 61.9 Å². The number of aromatic nitrogens is 9. The van der Waals surface area contributed by atoms with Gasteiger partial charge >= 0.3 is 5.97 Å². The van der Waals surface area contributed by atoms with E-state index in [4.69, 9.17) is 24.7 Å². The lowest BCUT2D eigenvalue weighted by Gasteiger charge is -2.20. The second-order valence-corrected chi connectivity index (χ2v) is 22.2. The molecule has 0 aliphatic heterocycles. The maximum Gasteiger partial charge on any atom is 0.358 e. The number of carbonyl (C=O) groups excluding carboxylic acids is 3. The Balaban J connectivity index is 0.000000192. The summed E-state index contributed by atoms with van der Waals surface area (Å²) >= 11 is 6.64. The number of amides is 2. The molecular formula is C59H69F3I3N15O7. The van der Waals surface area contributed by atoms with E-state index in [1.807, 2.05) is 82.0 Å². The number of likely N-dealkylation sites (N-methyl/N-ethyl adjacent to an activating group) is 3. The third-order valence-electron chi connectivity index (χ3n) is 12.6. The number of hydrogen-bond donors (Lipinski definition) is 3. The topological polar surface area (TPSA) is 238 Å². The molecule has 87 heavy (non-hydrogen) atoms. The van der Waals surface area contributed by atoms with Crippen LogP contribution in [0.5, 0.6) is 17.2 Å². The fraction of sp³-hybridized carbons (Fsp3) is 0.339. The number of nitrogens with two attached hydrogens (primary N) is 1. The molecule has 0 bridgehead atoms. The van der Waals surface area contributed by atoms with Crippen molar-refractivity contribution in [1.29, 1.82) is 0 Å². The van der Waals surface area contributed by atoms with E-state index in [9.17, 15) is 27.6 Å². The van der Waals surface area contributed by atoms with Crippen LogP contribution in [-0.2, 0) is 4.74 Å². The zero-order chi connectivity index (χ0) is 62.5. The van der Waals surface area contributed by atoms with Crippen LogP contribution < -0.4 is 30.6 Å². The Bertz CT molecular complexity index is 3450. The van der Waals surface area contributed by atoms with E-state index in [0.29, 0.717) is 89.3 Å². The lowest BCUT2D eigenvalue weighted by Crippen LogP contribution is -2.37. The van der Waals surface area contributed by atoms with Gasteiger partial charge in [-0.3, -0.25) is 24.3 Å². The Morgan fingerprint density at radius 2 is 0.839 bits per heavy atom. The van der Waals surface area contributed by atoms with Crippen LogP contribution in [0.4, 0.5) is 13.2 Å². The van der Waals surface area contributed by atoms with Crippen LogP contribution in [0, 0.1) is 28.6 Å². The molecule has 9 aromatic rings. The number of halogens is 6. The van der Waals surface area contributed by atoms with Gasteiger partial charge in [0.05, 0.1) is 6.61 Å². The van der Waals surface area contributed by atoms with Crippen LogP contribution in [0.25, 0.3) is 16.9 Å². The molecule has 0 saturated heterocycles. The molecule has 0 saturated carbocycles. The van der Waals surface area contributed by atoms with E-state index in [-0.39, 0.29) is 35.0 Å². The minimum atomic E-state index is -0.611. The molecule has 0 aliphatic rings. The fourth-order valence-electron chi connectivity index (χ4n) is 8.01. The van der Waals surface area contributed by atoms with E-state index < -0.39 is 17.8 Å². The highest BCUT2D eigenvalue weighted by atomic mass is 127. The molecule has 9 aromatic heterocycles. The van der Waals surface area contributed by atoms with Gasteiger partial charge < -0.3 is 48.5 Å². The molecule has 9 rings (SSSR count). The van der Waals surface area contributed by atoms with Gasteiger partial charge in [0.25, 0.3) is 29.7 Å². The van der Waals surface area contributed by atoms with Gasteiger partial charge in [0.15, 0.2) is 22.9 Å². The first-order valence-corrected chi connectivity index (χ1v) is 31.1. The Labute approximate surface area is 543 Å². The number of fused-ring (bicyclic) bond motifs is 3. The summed E-state index contributed by atoms with van der Waals surface area (Å²) < 4.78 is 69.7. The van der Waals surface area contributed by atoms with Gasteiger partial charge in [-0.25, -0.2) is 34.7 Å². The minimum absolute atomic E-state index is 0.147. The fourth-order valence-corrected chi connectivity index (χ4v) is 9.45. The third-order valence-corrected chi connectivity index (χ3v) is 14.5. The number of rotatable bonds is 27. The molecule has 0 unspecified atom stereocenters. The summed E-state index contributed by atoms with van der Waals surface area (Å²) in [6.45, 7) is 17.6. The zero-order valence-corrected chi connectivity index (χ0v) is 55.0. The van der Waals surface area contributed by atoms with Crippen LogP contribution in [0.3, 0.4) is 0 Å². The predicted molar refractivity (Wildman–Crippen MR) is 349 cm³/mol. The monoisotopic (exact) mass is 1540 g/mol. The van der Waals surface area contributed by atoms with Crippen molar-refractivity contribution >= 4 is 102 Å². The Morgan fingerprint density at radius 3 is 1.17 bits per heavy atom. The van der Waals surface area contributed by atoms with Crippen LogP contribution in [0.2, 0.25) is 0 Å². The van der Waals surface area contributed by atoms with Gasteiger partial charge in [-0.1, -0.05) is 20.8 Å². The molecule has 0 aromatic carbocycles. The van der Waals surface area contributed by atoms with Crippen molar-refractivity contribution in [3.63, 3.8) is 0 Å². The average molecular weight is 1540 g/mol. The number of nitrogens with one attached hydrogen (secondary N) is 2. The first-order chi connectivity index (χ1) is 42.1. The number of esters is 1. The molecule has 0 fully saturated rings. The van der Waals surface area contributed by atoms with Crippen LogP contribution in [0.1, 0.15) is 59.2 Å². The lowest BCUT2D eigenvalue weighted by atomic mass is 10.4. The van der Waals surface area contributed by atoms with Crippen LogP contribution in [-0.4, -0.2) is 181 Å². The van der Waals surface area contributed by atoms with E-state index in [1.165, 1.54) is 18.6 Å². The molecule has 2 amide bonds. The maximum absolute atomic E-state index is 13.4. The first kappa shape index (κ1) is 69.3. The second-order valence-electron chi connectivity index (χ2n) is 18.5. The van der Waals surface area contributed by atoms with E-state index in [0.717, 1.165) is 60.4 Å². The van der Waals surface area contributed by atoms with Gasteiger partial charge in [-0.15, -0.1) is 0 Å². The summed E-state index contributed by atoms with van der Waals surface area (Å²) in [6.07, 6.45) is 15.0. The Hall–Kier alpha value is -6.85. The normalized spacial score (nSPS) is 11.0. The first-order valence-electron chi connectivity index (χ1n) is 27.8. The highest BCUT2D eigenvalue weighted by molar-refractivity contribution is 14.1. The molecule has 0 spiro atoms. The van der Waals surface area contributed by atoms with Crippen molar-refractivity contribution in [3.05, 3.63) is 174 Å². The molecule has 22 nitrogen and oxygen atoms in total. The van der Waals surface area contributed by atoms with Crippen LogP contribution >= 0.6 is 67.8 Å². The lowest BCUT2D eigenvalue weighted by molar-refractivity contribution is 0.0520. The zero-order valence-electron chi connectivity index (χ0n) is 48.5. The van der Waals surface area contributed by atoms with Crippen molar-refractivity contribution in [2.45, 2.75) is 27.7 Å². The van der Waals surface area contributed by atoms with Gasteiger partial charge in [0.2, 0.25) is 0 Å². The Kier molecular flexibility index (Phi) is 29.5. The van der Waals surface area contributed by atoms with Crippen molar-refractivity contribution in [2.24, 2.45) is 5.73 Å². The van der Waals surface area contributed by atoms with Crippen molar-refractivity contribution in [1.82, 2.24) is 68.4 Å². The highest BCUT2D eigenvalue weighted by Gasteiger charge is 2.15. The van der Waals surface area contributed by atoms with Crippen LogP contribution in [0.15, 0.2) is 129 Å². The highest BCUT2D eigenvalue weighted by Crippen LogP contribution is 2.16. The smallest absolute Gasteiger partial charge is 0.358 e. The molecular weight excluding hydrogens is 1470 g/mol. The molecule has 9 heterocycles. The molecule has 464 valence electrons. The number of carbonyl (C=O) groups is 3. The van der Waals surface area contributed by atoms with Crippen molar-refractivity contribution in [3.8, 4) is 17.2 Å². The van der Waals surface area contributed by atoms with Crippen molar-refractivity contribution in [2.75, 3.05) is 105 Å². The molecule has 4 N–H and O–H groups in total. The Morgan fingerprint density at radius 1 is 0.494 bits per heavy atom.